The van der Waals surface area contributed by atoms with Crippen molar-refractivity contribution in [2.45, 2.75) is 26.3 Å². The van der Waals surface area contributed by atoms with Crippen LogP contribution < -0.4 is 15.2 Å². The van der Waals surface area contributed by atoms with Crippen molar-refractivity contribution in [1.29, 1.82) is 0 Å². The summed E-state index contributed by atoms with van der Waals surface area (Å²) in [5.74, 6) is 0.230. The van der Waals surface area contributed by atoms with Gasteiger partial charge in [0.15, 0.2) is 11.5 Å². The van der Waals surface area contributed by atoms with E-state index in [1.165, 1.54) is 7.11 Å². The number of carbonyl (C=O) groups excluding carboxylic acids is 2. The number of nitrogens with two attached hydrogens (primary N) is 1. The first kappa shape index (κ1) is 20.5. The first-order valence-corrected chi connectivity index (χ1v) is 8.98. The third-order valence-electron chi connectivity index (χ3n) is 4.34. The molecule has 0 spiro atoms. The molecule has 0 aliphatic rings. The average molecular weight is 370 g/mol. The molecule has 0 saturated heterocycles. The first-order valence-electron chi connectivity index (χ1n) is 8.98. The molecular formula is C21H26N2O4. The second kappa shape index (κ2) is 9.73. The summed E-state index contributed by atoms with van der Waals surface area (Å²) in [6, 6.07) is 13.3. The molecule has 2 aromatic carbocycles. The van der Waals surface area contributed by atoms with E-state index in [1.807, 2.05) is 19.9 Å². The standard InChI is InChI=1S/C21H26N2O4/c1-4-23(5-2)20(24)14-17(22)16-11-12-18(19(13-16)26-3)27-21(25)15-9-7-6-8-10-15/h6-13,17H,4-5,14,22H2,1-3H3. The molecule has 0 radical (unpaired) electrons. The lowest BCUT2D eigenvalue weighted by Gasteiger charge is -2.21. The van der Waals surface area contributed by atoms with Gasteiger partial charge in [-0.25, -0.2) is 4.79 Å². The molecule has 0 aliphatic carbocycles. The van der Waals surface area contributed by atoms with E-state index >= 15 is 0 Å². The van der Waals surface area contributed by atoms with Crippen LogP contribution in [0.15, 0.2) is 48.5 Å². The van der Waals surface area contributed by atoms with Crippen LogP contribution in [0.1, 0.15) is 42.2 Å². The highest BCUT2D eigenvalue weighted by Gasteiger charge is 2.18. The van der Waals surface area contributed by atoms with Gasteiger partial charge >= 0.3 is 5.97 Å². The second-order valence-electron chi connectivity index (χ2n) is 6.04. The number of carbonyl (C=O) groups is 2. The molecule has 0 aliphatic heterocycles. The van der Waals surface area contributed by atoms with Crippen molar-refractivity contribution < 1.29 is 19.1 Å². The van der Waals surface area contributed by atoms with E-state index in [1.54, 1.807) is 47.4 Å². The Labute approximate surface area is 159 Å². The molecule has 0 heterocycles. The van der Waals surface area contributed by atoms with Crippen LogP contribution in [0.2, 0.25) is 0 Å². The molecule has 0 fully saturated rings. The Balaban J connectivity index is 2.13. The third-order valence-corrected chi connectivity index (χ3v) is 4.34. The van der Waals surface area contributed by atoms with Crippen LogP contribution in [0.3, 0.4) is 0 Å². The zero-order valence-corrected chi connectivity index (χ0v) is 16.0. The summed E-state index contributed by atoms with van der Waals surface area (Å²) in [7, 11) is 1.49. The summed E-state index contributed by atoms with van der Waals surface area (Å²) in [4.78, 5) is 26.2. The van der Waals surface area contributed by atoms with Crippen LogP contribution in [-0.2, 0) is 4.79 Å². The number of nitrogens with zero attached hydrogens (tertiary/aromatic N) is 1. The largest absolute Gasteiger partial charge is 0.493 e. The molecule has 6 heteroatoms. The predicted molar refractivity (Wildman–Crippen MR) is 104 cm³/mol. The molecule has 1 amide bonds. The molecule has 0 bridgehead atoms. The van der Waals surface area contributed by atoms with Crippen molar-refractivity contribution in [3.8, 4) is 11.5 Å². The van der Waals surface area contributed by atoms with Crippen LogP contribution in [-0.4, -0.2) is 37.0 Å². The predicted octanol–water partition coefficient (Wildman–Crippen LogP) is 3.17. The monoisotopic (exact) mass is 370 g/mol. The van der Waals surface area contributed by atoms with E-state index < -0.39 is 12.0 Å². The highest BCUT2D eigenvalue weighted by atomic mass is 16.6. The minimum absolute atomic E-state index is 0.00560. The van der Waals surface area contributed by atoms with Crippen LogP contribution >= 0.6 is 0 Å². The van der Waals surface area contributed by atoms with Crippen molar-refractivity contribution in [3.63, 3.8) is 0 Å². The molecule has 1 atom stereocenters. The topological polar surface area (TPSA) is 81.9 Å². The van der Waals surface area contributed by atoms with Gasteiger partial charge in [0.05, 0.1) is 12.7 Å². The molecule has 1 unspecified atom stereocenters. The van der Waals surface area contributed by atoms with E-state index in [2.05, 4.69) is 0 Å². The van der Waals surface area contributed by atoms with E-state index in [9.17, 15) is 9.59 Å². The van der Waals surface area contributed by atoms with Crippen molar-refractivity contribution >= 4 is 11.9 Å². The summed E-state index contributed by atoms with van der Waals surface area (Å²) in [6.07, 6.45) is 0.202. The lowest BCUT2D eigenvalue weighted by Crippen LogP contribution is -2.32. The number of hydrogen-bond acceptors (Lipinski definition) is 5. The molecular weight excluding hydrogens is 344 g/mol. The average Bonchev–Trinajstić information content (AvgIpc) is 2.69. The van der Waals surface area contributed by atoms with E-state index in [-0.39, 0.29) is 12.3 Å². The molecule has 2 rings (SSSR count). The van der Waals surface area contributed by atoms with Gasteiger partial charge in [0, 0.05) is 25.6 Å². The fourth-order valence-corrected chi connectivity index (χ4v) is 2.74. The van der Waals surface area contributed by atoms with Gasteiger partial charge < -0.3 is 20.1 Å². The van der Waals surface area contributed by atoms with Crippen LogP contribution in [0, 0.1) is 0 Å². The van der Waals surface area contributed by atoms with Gasteiger partial charge in [0.25, 0.3) is 0 Å². The first-order chi connectivity index (χ1) is 13.0. The van der Waals surface area contributed by atoms with Crippen LogP contribution in [0.25, 0.3) is 0 Å². The van der Waals surface area contributed by atoms with Gasteiger partial charge in [-0.1, -0.05) is 24.3 Å². The minimum Gasteiger partial charge on any atom is -0.493 e. The molecule has 2 N–H and O–H groups in total. The fraction of sp³-hybridized carbons (Fsp3) is 0.333. The number of hydrogen-bond donors (Lipinski definition) is 1. The summed E-state index contributed by atoms with van der Waals surface area (Å²) >= 11 is 0. The summed E-state index contributed by atoms with van der Waals surface area (Å²) < 4.78 is 10.8. The zero-order valence-electron chi connectivity index (χ0n) is 16.0. The Morgan fingerprint density at radius 2 is 1.70 bits per heavy atom. The highest BCUT2D eigenvalue weighted by molar-refractivity contribution is 5.91. The smallest absolute Gasteiger partial charge is 0.343 e. The molecule has 6 nitrogen and oxygen atoms in total. The Morgan fingerprint density at radius 1 is 1.04 bits per heavy atom. The molecule has 0 aromatic heterocycles. The Morgan fingerprint density at radius 3 is 2.30 bits per heavy atom. The highest BCUT2D eigenvalue weighted by Crippen LogP contribution is 2.31. The van der Waals surface area contributed by atoms with Gasteiger partial charge in [0.2, 0.25) is 5.91 Å². The quantitative estimate of drug-likeness (QED) is 0.570. The van der Waals surface area contributed by atoms with Crippen molar-refractivity contribution in [2.24, 2.45) is 5.73 Å². The van der Waals surface area contributed by atoms with Gasteiger partial charge in [-0.3, -0.25) is 4.79 Å². The zero-order chi connectivity index (χ0) is 19.8. The number of amides is 1. The van der Waals surface area contributed by atoms with E-state index in [0.29, 0.717) is 30.2 Å². The number of ether oxygens (including phenoxy) is 2. The lowest BCUT2D eigenvalue weighted by atomic mass is 10.0. The van der Waals surface area contributed by atoms with E-state index in [0.717, 1.165) is 5.56 Å². The second-order valence-corrected chi connectivity index (χ2v) is 6.04. The summed E-state index contributed by atoms with van der Waals surface area (Å²) in [5, 5.41) is 0. The molecule has 0 saturated carbocycles. The summed E-state index contributed by atoms with van der Waals surface area (Å²) in [5.41, 5.74) is 7.39. The van der Waals surface area contributed by atoms with Crippen LogP contribution in [0.5, 0.6) is 11.5 Å². The normalized spacial score (nSPS) is 11.6. The maximum Gasteiger partial charge on any atom is 0.343 e. The summed E-state index contributed by atoms with van der Waals surface area (Å²) in [6.45, 7) is 5.18. The fourth-order valence-electron chi connectivity index (χ4n) is 2.74. The van der Waals surface area contributed by atoms with Crippen molar-refractivity contribution in [2.75, 3.05) is 20.2 Å². The van der Waals surface area contributed by atoms with E-state index in [4.69, 9.17) is 15.2 Å². The minimum atomic E-state index is -0.470. The SMILES string of the molecule is CCN(CC)C(=O)CC(N)c1ccc(OC(=O)c2ccccc2)c(OC)c1. The van der Waals surface area contributed by atoms with Crippen molar-refractivity contribution in [1.82, 2.24) is 4.90 Å². The Kier molecular flexibility index (Phi) is 7.37. The van der Waals surface area contributed by atoms with Crippen molar-refractivity contribution in [3.05, 3.63) is 59.7 Å². The maximum atomic E-state index is 12.3. The number of esters is 1. The number of methoxy groups -OCH3 is 1. The van der Waals surface area contributed by atoms with Gasteiger partial charge in [-0.15, -0.1) is 0 Å². The third kappa shape index (κ3) is 5.31. The van der Waals surface area contributed by atoms with Gasteiger partial charge in [0.1, 0.15) is 0 Å². The van der Waals surface area contributed by atoms with Crippen LogP contribution in [0.4, 0.5) is 0 Å². The molecule has 2 aromatic rings. The number of benzene rings is 2. The van der Waals surface area contributed by atoms with Gasteiger partial charge in [-0.05, 0) is 43.7 Å². The molecule has 144 valence electrons. The van der Waals surface area contributed by atoms with Gasteiger partial charge in [-0.2, -0.15) is 0 Å². The lowest BCUT2D eigenvalue weighted by molar-refractivity contribution is -0.131. The Bertz CT molecular complexity index is 773. The molecule has 27 heavy (non-hydrogen) atoms. The maximum absolute atomic E-state index is 12.3. The Hall–Kier alpha value is -2.86. The number of rotatable bonds is 8.